The lowest BCUT2D eigenvalue weighted by Gasteiger charge is -2.38. The van der Waals surface area contributed by atoms with Crippen molar-refractivity contribution < 1.29 is 45.0 Å². The average molecular weight is 554 g/mol. The summed E-state index contributed by atoms with van der Waals surface area (Å²) < 4.78 is 111. The van der Waals surface area contributed by atoms with Gasteiger partial charge in [0, 0.05) is 18.5 Å². The number of halogens is 8. The first-order valence-corrected chi connectivity index (χ1v) is 12.4. The highest BCUT2D eigenvalue weighted by Gasteiger charge is 2.62. The summed E-state index contributed by atoms with van der Waals surface area (Å²) in [5.41, 5.74) is 1.51. The molecule has 1 fully saturated rings. The van der Waals surface area contributed by atoms with Gasteiger partial charge in [0.2, 0.25) is 0 Å². The zero-order valence-corrected chi connectivity index (χ0v) is 20.9. The van der Waals surface area contributed by atoms with Gasteiger partial charge < -0.3 is 15.2 Å². The molecule has 2 atom stereocenters. The van der Waals surface area contributed by atoms with Crippen LogP contribution in [0.1, 0.15) is 62.6 Å². The van der Waals surface area contributed by atoms with Gasteiger partial charge in [-0.25, -0.2) is 0 Å². The van der Waals surface area contributed by atoms with Crippen LogP contribution in [0, 0.1) is 11.8 Å². The zero-order valence-electron chi connectivity index (χ0n) is 20.9. The molecule has 1 aliphatic carbocycles. The van der Waals surface area contributed by atoms with E-state index in [0.29, 0.717) is 17.1 Å². The van der Waals surface area contributed by atoms with Crippen LogP contribution in [-0.2, 0) is 0 Å². The van der Waals surface area contributed by atoms with Gasteiger partial charge in [-0.05, 0) is 72.9 Å². The van der Waals surface area contributed by atoms with Gasteiger partial charge in [0.25, 0.3) is 0 Å². The summed E-state index contributed by atoms with van der Waals surface area (Å²) in [5.74, 6) is -6.10. The Labute approximate surface area is 216 Å². The number of rotatable bonds is 9. The summed E-state index contributed by atoms with van der Waals surface area (Å²) in [5, 5.41) is 12.2. The lowest BCUT2D eigenvalue weighted by molar-refractivity contribution is -0.306. The van der Waals surface area contributed by atoms with Crippen molar-refractivity contribution in [1.82, 2.24) is 5.32 Å². The van der Waals surface area contributed by atoms with E-state index in [1.165, 1.54) is 0 Å². The van der Waals surface area contributed by atoms with Crippen LogP contribution in [0.5, 0.6) is 11.5 Å². The molecule has 2 unspecified atom stereocenters. The Kier molecular flexibility index (Phi) is 9.34. The number of hydrogen-bond donors (Lipinski definition) is 2. The number of benzene rings is 2. The summed E-state index contributed by atoms with van der Waals surface area (Å²) in [6.07, 6.45) is -14.2. The molecule has 1 saturated carbocycles. The molecule has 0 saturated heterocycles. The molecule has 0 bridgehead atoms. The van der Waals surface area contributed by atoms with Crippen LogP contribution in [0.4, 0.5) is 35.1 Å². The molecule has 3 nitrogen and oxygen atoms in total. The fourth-order valence-electron chi connectivity index (χ4n) is 4.80. The van der Waals surface area contributed by atoms with Gasteiger partial charge in [-0.15, -0.1) is 0 Å². The fraction of sp³-hybridized carbons (Fsp3) is 0.556. The highest BCUT2D eigenvalue weighted by atomic mass is 19.4. The van der Waals surface area contributed by atoms with Crippen LogP contribution in [0.15, 0.2) is 48.5 Å². The zero-order chi connectivity index (χ0) is 28.3. The van der Waals surface area contributed by atoms with E-state index in [9.17, 15) is 40.2 Å². The van der Waals surface area contributed by atoms with Crippen molar-refractivity contribution in [2.24, 2.45) is 11.8 Å². The second-order valence-electron chi connectivity index (χ2n) is 10.1. The van der Waals surface area contributed by atoms with Crippen LogP contribution >= 0.6 is 0 Å². The molecule has 0 aromatic heterocycles. The quantitative estimate of drug-likeness (QED) is 0.308. The molecular formula is C27H31F8NO2. The smallest absolute Gasteiger partial charge is 0.453 e. The highest BCUT2D eigenvalue weighted by molar-refractivity contribution is 5.37. The first-order chi connectivity index (χ1) is 17.6. The normalized spacial score (nSPS) is 20.8. The molecule has 212 valence electrons. The number of aliphatic hydroxyl groups excluding tert-OH is 1. The van der Waals surface area contributed by atoms with E-state index in [2.05, 4.69) is 5.32 Å². The fourth-order valence-corrected chi connectivity index (χ4v) is 4.80. The van der Waals surface area contributed by atoms with E-state index in [1.54, 1.807) is 30.3 Å². The van der Waals surface area contributed by atoms with Crippen molar-refractivity contribution in [2.75, 3.05) is 6.54 Å². The second-order valence-corrected chi connectivity index (χ2v) is 10.1. The summed E-state index contributed by atoms with van der Waals surface area (Å²) in [6.45, 7) is 3.17. The van der Waals surface area contributed by atoms with E-state index < -0.39 is 61.6 Å². The van der Waals surface area contributed by atoms with Gasteiger partial charge >= 0.3 is 18.3 Å². The minimum Gasteiger partial charge on any atom is -0.457 e. The first-order valence-electron chi connectivity index (χ1n) is 12.4. The van der Waals surface area contributed by atoms with E-state index in [-0.39, 0.29) is 18.8 Å². The molecule has 0 radical (unpaired) electrons. The number of hydrogen-bond acceptors (Lipinski definition) is 3. The molecule has 0 aliphatic heterocycles. The third-order valence-electron chi connectivity index (χ3n) is 7.02. The number of ether oxygens (including phenoxy) is 1. The minimum absolute atomic E-state index is 0.0579. The average Bonchev–Trinajstić information content (AvgIpc) is 2.83. The van der Waals surface area contributed by atoms with Crippen molar-refractivity contribution in [3.05, 3.63) is 59.7 Å². The molecule has 0 spiro atoms. The van der Waals surface area contributed by atoms with E-state index in [0.717, 1.165) is 5.56 Å². The van der Waals surface area contributed by atoms with E-state index in [1.807, 2.05) is 32.0 Å². The van der Waals surface area contributed by atoms with Crippen LogP contribution in [-0.4, -0.2) is 36.0 Å². The second kappa shape index (κ2) is 11.8. The molecule has 0 heterocycles. The van der Waals surface area contributed by atoms with Crippen LogP contribution in [0.2, 0.25) is 0 Å². The number of aliphatic hydroxyl groups is 1. The van der Waals surface area contributed by atoms with Gasteiger partial charge in [0.15, 0.2) is 6.10 Å². The molecular weight excluding hydrogens is 522 g/mol. The Morgan fingerprint density at radius 3 is 1.87 bits per heavy atom. The molecule has 2 aromatic rings. The molecule has 11 heteroatoms. The Morgan fingerprint density at radius 2 is 1.37 bits per heavy atom. The van der Waals surface area contributed by atoms with E-state index >= 15 is 0 Å². The summed E-state index contributed by atoms with van der Waals surface area (Å²) in [4.78, 5) is 0. The topological polar surface area (TPSA) is 41.5 Å². The molecule has 0 amide bonds. The highest BCUT2D eigenvalue weighted by Crippen LogP contribution is 2.49. The van der Waals surface area contributed by atoms with Crippen molar-refractivity contribution in [2.45, 2.75) is 75.9 Å². The van der Waals surface area contributed by atoms with Crippen LogP contribution < -0.4 is 10.1 Å². The SMILES string of the molecule is CC(C)c1cccc(Oc2cccc(C(NCC(O)C(F)(F)F)C3CCC(C(F)(F)C(F)(F)F)CC3)c2)c1. The molecule has 2 aromatic carbocycles. The largest absolute Gasteiger partial charge is 0.457 e. The summed E-state index contributed by atoms with van der Waals surface area (Å²) in [6, 6.07) is 13.0. The predicted molar refractivity (Wildman–Crippen MR) is 126 cm³/mol. The molecule has 2 N–H and O–H groups in total. The minimum atomic E-state index is -5.67. The van der Waals surface area contributed by atoms with Crippen LogP contribution in [0.25, 0.3) is 0 Å². The summed E-state index contributed by atoms with van der Waals surface area (Å²) >= 11 is 0. The Bertz CT molecular complexity index is 1050. The Balaban J connectivity index is 1.82. The third kappa shape index (κ3) is 7.37. The monoisotopic (exact) mass is 553 g/mol. The van der Waals surface area contributed by atoms with Crippen molar-refractivity contribution in [1.29, 1.82) is 0 Å². The number of nitrogens with one attached hydrogen (secondary N) is 1. The van der Waals surface area contributed by atoms with Crippen molar-refractivity contribution >= 4 is 0 Å². The maximum atomic E-state index is 13.9. The lowest BCUT2D eigenvalue weighted by atomic mass is 9.74. The van der Waals surface area contributed by atoms with Gasteiger partial charge in [0.05, 0.1) is 0 Å². The molecule has 38 heavy (non-hydrogen) atoms. The summed E-state index contributed by atoms with van der Waals surface area (Å²) in [7, 11) is 0. The van der Waals surface area contributed by atoms with E-state index in [4.69, 9.17) is 4.74 Å². The van der Waals surface area contributed by atoms with Gasteiger partial charge in [-0.1, -0.05) is 38.1 Å². The van der Waals surface area contributed by atoms with Crippen LogP contribution in [0.3, 0.4) is 0 Å². The lowest BCUT2D eigenvalue weighted by Crippen LogP contribution is -2.46. The maximum absolute atomic E-state index is 13.9. The molecule has 1 aliphatic rings. The Morgan fingerprint density at radius 1 is 0.842 bits per heavy atom. The van der Waals surface area contributed by atoms with Gasteiger partial charge in [0.1, 0.15) is 11.5 Å². The van der Waals surface area contributed by atoms with Crippen molar-refractivity contribution in [3.63, 3.8) is 0 Å². The molecule has 3 rings (SSSR count). The number of alkyl halides is 8. The van der Waals surface area contributed by atoms with Gasteiger partial charge in [-0.2, -0.15) is 35.1 Å². The van der Waals surface area contributed by atoms with Crippen molar-refractivity contribution in [3.8, 4) is 11.5 Å². The first kappa shape index (κ1) is 30.1. The third-order valence-corrected chi connectivity index (χ3v) is 7.02. The van der Waals surface area contributed by atoms with Gasteiger partial charge in [-0.3, -0.25) is 0 Å². The Hall–Kier alpha value is -2.40. The maximum Gasteiger partial charge on any atom is 0.453 e. The standard InChI is InChI=1S/C27H31F8NO2/c1-16(2)18-5-3-7-21(13-18)38-22-8-4-6-19(14-22)24(36-15-23(37)26(30,31)32)17-9-11-20(12-10-17)25(28,29)27(33,34)35/h3-8,13-14,16-17,20,23-24,36-37H,9-12,15H2,1-2H3. The predicted octanol–water partition coefficient (Wildman–Crippen LogP) is 8.16.